The smallest absolute Gasteiger partial charge is 0.166 e. The lowest BCUT2D eigenvalue weighted by Gasteiger charge is -2.13. The molecule has 0 bridgehead atoms. The number of hydrogen-bond acceptors (Lipinski definition) is 3. The second-order valence-electron chi connectivity index (χ2n) is 5.04. The minimum atomic E-state index is 0.0254. The number of Topliss-reactive ketones (excluding diaryl/α,β-unsaturated/α-hetero) is 1. The summed E-state index contributed by atoms with van der Waals surface area (Å²) in [5.41, 5.74) is 2.52. The first-order valence-electron chi connectivity index (χ1n) is 7.13. The van der Waals surface area contributed by atoms with Crippen molar-refractivity contribution in [1.82, 2.24) is 4.98 Å². The zero-order valence-corrected chi connectivity index (χ0v) is 12.6. The van der Waals surface area contributed by atoms with Gasteiger partial charge in [-0.25, -0.2) is 4.98 Å². The summed E-state index contributed by atoms with van der Waals surface area (Å²) in [6.45, 7) is 6.06. The normalized spacial score (nSPS) is 12.4. The zero-order valence-electron chi connectivity index (χ0n) is 12.6. The van der Waals surface area contributed by atoms with Gasteiger partial charge < -0.3 is 4.74 Å². The molecule has 0 aliphatic carbocycles. The molecule has 2 rings (SSSR count). The number of carbonyl (C=O) groups is 1. The van der Waals surface area contributed by atoms with Crippen LogP contribution in [0.5, 0.6) is 5.75 Å². The minimum Gasteiger partial charge on any atom is -0.494 e. The molecule has 1 unspecified atom stereocenters. The van der Waals surface area contributed by atoms with E-state index in [2.05, 4.69) is 11.9 Å². The quantitative estimate of drug-likeness (QED) is 0.771. The van der Waals surface area contributed by atoms with Crippen LogP contribution in [0.25, 0.3) is 10.9 Å². The molecular formula is C17H21NO2. The number of aromatic nitrogens is 1. The molecule has 106 valence electrons. The Morgan fingerprint density at radius 1 is 1.25 bits per heavy atom. The number of ether oxygens (including phenoxy) is 1. The molecule has 0 amide bonds. The fourth-order valence-corrected chi connectivity index (χ4v) is 2.26. The molecule has 1 aromatic carbocycles. The van der Waals surface area contributed by atoms with Crippen LogP contribution in [0.15, 0.2) is 24.3 Å². The Morgan fingerprint density at radius 3 is 2.60 bits per heavy atom. The molecular weight excluding hydrogens is 250 g/mol. The average molecular weight is 271 g/mol. The standard InChI is InChI=1S/C17H21NO2/c1-5-11(3)17(19)14-9-10-15(20-4)16-13(14)8-7-12(6-2)18-16/h7-11H,5-6H2,1-4H3. The Morgan fingerprint density at radius 2 is 2.00 bits per heavy atom. The van der Waals surface area contributed by atoms with Gasteiger partial charge in [0.2, 0.25) is 0 Å². The summed E-state index contributed by atoms with van der Waals surface area (Å²) in [7, 11) is 1.63. The fourth-order valence-electron chi connectivity index (χ4n) is 2.26. The Hall–Kier alpha value is -1.90. The monoisotopic (exact) mass is 271 g/mol. The van der Waals surface area contributed by atoms with Crippen molar-refractivity contribution in [2.24, 2.45) is 5.92 Å². The number of fused-ring (bicyclic) bond motifs is 1. The highest BCUT2D eigenvalue weighted by Crippen LogP contribution is 2.29. The lowest BCUT2D eigenvalue weighted by molar-refractivity contribution is 0.0929. The van der Waals surface area contributed by atoms with E-state index < -0.39 is 0 Å². The van der Waals surface area contributed by atoms with Gasteiger partial charge in [-0.15, -0.1) is 0 Å². The van der Waals surface area contributed by atoms with Gasteiger partial charge in [-0.05, 0) is 31.0 Å². The first kappa shape index (κ1) is 14.5. The van der Waals surface area contributed by atoms with Gasteiger partial charge in [-0.2, -0.15) is 0 Å². The summed E-state index contributed by atoms with van der Waals surface area (Å²) in [6, 6.07) is 7.65. The Labute approximate surface area is 120 Å². The van der Waals surface area contributed by atoms with E-state index in [4.69, 9.17) is 4.74 Å². The van der Waals surface area contributed by atoms with Crippen molar-refractivity contribution >= 4 is 16.7 Å². The van der Waals surface area contributed by atoms with E-state index in [1.165, 1.54) is 0 Å². The van der Waals surface area contributed by atoms with Crippen LogP contribution in [0.2, 0.25) is 0 Å². The van der Waals surface area contributed by atoms with Crippen molar-refractivity contribution in [3.63, 3.8) is 0 Å². The van der Waals surface area contributed by atoms with E-state index in [9.17, 15) is 4.79 Å². The maximum atomic E-state index is 12.5. The van der Waals surface area contributed by atoms with Gasteiger partial charge in [-0.3, -0.25) is 4.79 Å². The Bertz CT molecular complexity index is 634. The van der Waals surface area contributed by atoms with Gasteiger partial charge >= 0.3 is 0 Å². The van der Waals surface area contributed by atoms with Gasteiger partial charge in [0.05, 0.1) is 7.11 Å². The van der Waals surface area contributed by atoms with Crippen molar-refractivity contribution in [3.8, 4) is 5.75 Å². The van der Waals surface area contributed by atoms with Crippen LogP contribution in [-0.4, -0.2) is 17.9 Å². The van der Waals surface area contributed by atoms with E-state index in [1.54, 1.807) is 7.11 Å². The number of hydrogen-bond donors (Lipinski definition) is 0. The van der Waals surface area contributed by atoms with Gasteiger partial charge in [0.15, 0.2) is 5.78 Å². The second-order valence-corrected chi connectivity index (χ2v) is 5.04. The number of nitrogens with zero attached hydrogens (tertiary/aromatic N) is 1. The molecule has 0 radical (unpaired) electrons. The van der Waals surface area contributed by atoms with Crippen LogP contribution in [-0.2, 0) is 6.42 Å². The Balaban J connectivity index is 2.66. The molecule has 0 spiro atoms. The number of carbonyl (C=O) groups excluding carboxylic acids is 1. The molecule has 0 aliphatic rings. The molecule has 2 aromatic rings. The van der Waals surface area contributed by atoms with E-state index in [0.29, 0.717) is 0 Å². The third-order valence-electron chi connectivity index (χ3n) is 3.79. The molecule has 0 aliphatic heterocycles. The summed E-state index contributed by atoms with van der Waals surface area (Å²) in [6.07, 6.45) is 1.70. The van der Waals surface area contributed by atoms with Gasteiger partial charge in [-0.1, -0.05) is 26.8 Å². The molecule has 3 heteroatoms. The molecule has 3 nitrogen and oxygen atoms in total. The molecule has 0 N–H and O–H groups in total. The van der Waals surface area contributed by atoms with E-state index >= 15 is 0 Å². The van der Waals surface area contributed by atoms with Crippen molar-refractivity contribution in [2.75, 3.05) is 7.11 Å². The van der Waals surface area contributed by atoms with Gasteiger partial charge in [0.25, 0.3) is 0 Å². The Kier molecular flexibility index (Phi) is 4.38. The number of aryl methyl sites for hydroxylation is 1. The van der Waals surface area contributed by atoms with E-state index in [1.807, 2.05) is 38.1 Å². The summed E-state index contributed by atoms with van der Waals surface area (Å²) in [5.74, 6) is 0.916. The third kappa shape index (κ3) is 2.53. The van der Waals surface area contributed by atoms with Crippen molar-refractivity contribution in [3.05, 3.63) is 35.5 Å². The van der Waals surface area contributed by atoms with Crippen LogP contribution >= 0.6 is 0 Å². The lowest BCUT2D eigenvalue weighted by atomic mass is 9.94. The van der Waals surface area contributed by atoms with Gasteiger partial charge in [0, 0.05) is 22.6 Å². The molecule has 20 heavy (non-hydrogen) atoms. The third-order valence-corrected chi connectivity index (χ3v) is 3.79. The molecule has 1 atom stereocenters. The molecule has 0 fully saturated rings. The number of benzene rings is 1. The van der Waals surface area contributed by atoms with Gasteiger partial charge in [0.1, 0.15) is 11.3 Å². The topological polar surface area (TPSA) is 39.2 Å². The predicted molar refractivity (Wildman–Crippen MR) is 81.5 cm³/mol. The highest BCUT2D eigenvalue weighted by molar-refractivity contribution is 6.09. The first-order valence-corrected chi connectivity index (χ1v) is 7.13. The average Bonchev–Trinajstić information content (AvgIpc) is 2.51. The van der Waals surface area contributed by atoms with E-state index in [0.717, 1.165) is 40.8 Å². The highest BCUT2D eigenvalue weighted by Gasteiger charge is 2.18. The number of rotatable bonds is 5. The molecule has 0 saturated heterocycles. The lowest BCUT2D eigenvalue weighted by Crippen LogP contribution is -2.11. The second kappa shape index (κ2) is 6.04. The van der Waals surface area contributed by atoms with Crippen molar-refractivity contribution < 1.29 is 9.53 Å². The number of ketones is 1. The summed E-state index contributed by atoms with van der Waals surface area (Å²) >= 11 is 0. The number of methoxy groups -OCH3 is 1. The highest BCUT2D eigenvalue weighted by atomic mass is 16.5. The molecule has 0 saturated carbocycles. The summed E-state index contributed by atoms with van der Waals surface area (Å²) in [4.78, 5) is 17.1. The fraction of sp³-hybridized carbons (Fsp3) is 0.412. The van der Waals surface area contributed by atoms with Crippen LogP contribution in [0.1, 0.15) is 43.2 Å². The van der Waals surface area contributed by atoms with Crippen molar-refractivity contribution in [1.29, 1.82) is 0 Å². The SMILES string of the molecule is CCc1ccc2c(C(=O)C(C)CC)ccc(OC)c2n1. The summed E-state index contributed by atoms with van der Waals surface area (Å²) in [5, 5.41) is 0.881. The summed E-state index contributed by atoms with van der Waals surface area (Å²) < 4.78 is 5.37. The minimum absolute atomic E-state index is 0.0254. The molecule has 1 aromatic heterocycles. The zero-order chi connectivity index (χ0) is 14.7. The maximum absolute atomic E-state index is 12.5. The maximum Gasteiger partial charge on any atom is 0.166 e. The van der Waals surface area contributed by atoms with Crippen LogP contribution in [0.4, 0.5) is 0 Å². The largest absolute Gasteiger partial charge is 0.494 e. The molecule has 1 heterocycles. The van der Waals surface area contributed by atoms with E-state index in [-0.39, 0.29) is 11.7 Å². The van der Waals surface area contributed by atoms with Crippen LogP contribution in [0.3, 0.4) is 0 Å². The van der Waals surface area contributed by atoms with Crippen LogP contribution in [0, 0.1) is 5.92 Å². The first-order chi connectivity index (χ1) is 9.62. The van der Waals surface area contributed by atoms with Crippen LogP contribution < -0.4 is 4.74 Å². The van der Waals surface area contributed by atoms with Crippen molar-refractivity contribution in [2.45, 2.75) is 33.6 Å². The number of pyridine rings is 1. The predicted octanol–water partition coefficient (Wildman–Crippen LogP) is 4.03.